The van der Waals surface area contributed by atoms with Gasteiger partial charge in [0.05, 0.1) is 6.04 Å². The van der Waals surface area contributed by atoms with Crippen LogP contribution in [0.2, 0.25) is 0 Å². The number of nitrogens with zero attached hydrogens (tertiary/aromatic N) is 1. The lowest BCUT2D eigenvalue weighted by molar-refractivity contribution is -0.131. The largest absolute Gasteiger partial charge is 0.340 e. The maximum Gasteiger partial charge on any atom is 0.239 e. The summed E-state index contributed by atoms with van der Waals surface area (Å²) in [6.07, 6.45) is 0.679. The van der Waals surface area contributed by atoms with Gasteiger partial charge < -0.3 is 10.6 Å². The Morgan fingerprint density at radius 3 is 2.53 bits per heavy atom. The highest BCUT2D eigenvalue weighted by molar-refractivity contribution is 5.81. The van der Waals surface area contributed by atoms with Crippen molar-refractivity contribution in [2.45, 2.75) is 25.9 Å². The number of rotatable bonds is 4. The average molecular weight is 206 g/mol. The fourth-order valence-corrected chi connectivity index (χ4v) is 1.39. The van der Waals surface area contributed by atoms with Gasteiger partial charge in [0.15, 0.2) is 0 Å². The second-order valence-electron chi connectivity index (χ2n) is 3.69. The molecule has 82 valence electrons. The lowest BCUT2D eigenvalue weighted by Gasteiger charge is -2.20. The summed E-state index contributed by atoms with van der Waals surface area (Å²) in [6, 6.07) is 9.52. The van der Waals surface area contributed by atoms with E-state index in [0.29, 0.717) is 13.0 Å². The zero-order valence-corrected chi connectivity index (χ0v) is 9.31. The maximum absolute atomic E-state index is 11.7. The first-order chi connectivity index (χ1) is 7.15. The lowest BCUT2D eigenvalue weighted by atomic mass is 10.2. The van der Waals surface area contributed by atoms with Gasteiger partial charge in [-0.25, -0.2) is 0 Å². The first kappa shape index (κ1) is 11.7. The molecule has 0 fully saturated rings. The standard InChI is InChI=1S/C12H18N2O/c1-3-11(13)12(15)14(2)9-10-7-5-4-6-8-10/h4-8,11H,3,9,13H2,1-2H3/t11-/m1/s1. The number of carbonyl (C=O) groups is 1. The topological polar surface area (TPSA) is 46.3 Å². The molecule has 0 radical (unpaired) electrons. The summed E-state index contributed by atoms with van der Waals surface area (Å²) in [5.74, 6) is 0.00125. The molecule has 3 nitrogen and oxygen atoms in total. The number of hydrogen-bond acceptors (Lipinski definition) is 2. The molecule has 1 rings (SSSR count). The van der Waals surface area contributed by atoms with Gasteiger partial charge in [0.25, 0.3) is 0 Å². The molecule has 0 aliphatic rings. The van der Waals surface area contributed by atoms with Gasteiger partial charge in [-0.1, -0.05) is 37.3 Å². The van der Waals surface area contributed by atoms with Gasteiger partial charge in [0.2, 0.25) is 5.91 Å². The number of hydrogen-bond donors (Lipinski definition) is 1. The third-order valence-corrected chi connectivity index (χ3v) is 2.40. The van der Waals surface area contributed by atoms with E-state index in [4.69, 9.17) is 5.73 Å². The van der Waals surface area contributed by atoms with Crippen molar-refractivity contribution >= 4 is 5.91 Å². The van der Waals surface area contributed by atoms with Crippen LogP contribution < -0.4 is 5.73 Å². The van der Waals surface area contributed by atoms with E-state index in [2.05, 4.69) is 0 Å². The number of carbonyl (C=O) groups excluding carboxylic acids is 1. The Labute approximate surface area is 90.9 Å². The Hall–Kier alpha value is -1.35. The molecule has 3 heteroatoms. The van der Waals surface area contributed by atoms with E-state index in [1.807, 2.05) is 37.3 Å². The molecular weight excluding hydrogens is 188 g/mol. The van der Waals surface area contributed by atoms with Crippen LogP contribution in [0.1, 0.15) is 18.9 Å². The molecule has 1 aromatic carbocycles. The van der Waals surface area contributed by atoms with Gasteiger partial charge in [-0.15, -0.1) is 0 Å². The first-order valence-electron chi connectivity index (χ1n) is 5.19. The summed E-state index contributed by atoms with van der Waals surface area (Å²) in [7, 11) is 1.78. The summed E-state index contributed by atoms with van der Waals surface area (Å²) in [4.78, 5) is 13.3. The van der Waals surface area contributed by atoms with E-state index in [1.54, 1.807) is 11.9 Å². The summed E-state index contributed by atoms with van der Waals surface area (Å²) < 4.78 is 0. The third kappa shape index (κ3) is 3.36. The van der Waals surface area contributed by atoms with E-state index >= 15 is 0 Å². The lowest BCUT2D eigenvalue weighted by Crippen LogP contribution is -2.40. The number of benzene rings is 1. The molecule has 15 heavy (non-hydrogen) atoms. The van der Waals surface area contributed by atoms with Crippen LogP contribution in [0.15, 0.2) is 30.3 Å². The summed E-state index contributed by atoms with van der Waals surface area (Å²) >= 11 is 0. The van der Waals surface area contributed by atoms with Crippen molar-refractivity contribution in [3.05, 3.63) is 35.9 Å². The van der Waals surface area contributed by atoms with Crippen LogP contribution in [0.3, 0.4) is 0 Å². The van der Waals surface area contributed by atoms with Crippen LogP contribution in [-0.2, 0) is 11.3 Å². The van der Waals surface area contributed by atoms with Crippen molar-refractivity contribution in [1.29, 1.82) is 0 Å². The van der Waals surface area contributed by atoms with Crippen LogP contribution in [-0.4, -0.2) is 23.9 Å². The van der Waals surface area contributed by atoms with Gasteiger partial charge in [-0.3, -0.25) is 4.79 Å². The van der Waals surface area contributed by atoms with Gasteiger partial charge in [-0.05, 0) is 12.0 Å². The van der Waals surface area contributed by atoms with Crippen LogP contribution in [0.4, 0.5) is 0 Å². The number of nitrogens with two attached hydrogens (primary N) is 1. The molecule has 0 saturated heterocycles. The zero-order chi connectivity index (χ0) is 11.3. The Balaban J connectivity index is 2.56. The Morgan fingerprint density at radius 1 is 1.40 bits per heavy atom. The monoisotopic (exact) mass is 206 g/mol. The smallest absolute Gasteiger partial charge is 0.239 e. The molecule has 1 aromatic rings. The highest BCUT2D eigenvalue weighted by Gasteiger charge is 2.15. The molecule has 1 amide bonds. The predicted molar refractivity (Wildman–Crippen MR) is 61.2 cm³/mol. The van der Waals surface area contributed by atoms with Crippen molar-refractivity contribution in [3.8, 4) is 0 Å². The minimum atomic E-state index is -0.376. The predicted octanol–water partition coefficient (Wildman–Crippen LogP) is 1.38. The molecule has 0 bridgehead atoms. The molecule has 0 unspecified atom stereocenters. The molecule has 0 aliphatic heterocycles. The molecule has 1 atom stereocenters. The normalized spacial score (nSPS) is 12.2. The number of amides is 1. The Morgan fingerprint density at radius 2 is 2.00 bits per heavy atom. The molecular formula is C12H18N2O. The molecule has 0 saturated carbocycles. The highest BCUT2D eigenvalue weighted by atomic mass is 16.2. The Kier molecular flexibility index (Phi) is 4.31. The van der Waals surface area contributed by atoms with E-state index < -0.39 is 0 Å². The van der Waals surface area contributed by atoms with Crippen molar-refractivity contribution in [1.82, 2.24) is 4.90 Å². The van der Waals surface area contributed by atoms with Gasteiger partial charge in [0, 0.05) is 13.6 Å². The quantitative estimate of drug-likeness (QED) is 0.809. The fourth-order valence-electron chi connectivity index (χ4n) is 1.39. The second-order valence-corrected chi connectivity index (χ2v) is 3.69. The van der Waals surface area contributed by atoms with E-state index in [0.717, 1.165) is 5.56 Å². The summed E-state index contributed by atoms with van der Waals surface area (Å²) in [5, 5.41) is 0. The van der Waals surface area contributed by atoms with Crippen molar-refractivity contribution in [2.24, 2.45) is 5.73 Å². The molecule has 0 aliphatic carbocycles. The molecule has 2 N–H and O–H groups in total. The maximum atomic E-state index is 11.7. The van der Waals surface area contributed by atoms with Gasteiger partial charge in [0.1, 0.15) is 0 Å². The zero-order valence-electron chi connectivity index (χ0n) is 9.31. The summed E-state index contributed by atoms with van der Waals surface area (Å²) in [5.41, 5.74) is 6.80. The SMILES string of the molecule is CC[C@@H](N)C(=O)N(C)Cc1ccccc1. The van der Waals surface area contributed by atoms with Crippen LogP contribution in [0, 0.1) is 0 Å². The van der Waals surface area contributed by atoms with Gasteiger partial charge in [-0.2, -0.15) is 0 Å². The van der Waals surface area contributed by atoms with Crippen LogP contribution in [0.25, 0.3) is 0 Å². The van der Waals surface area contributed by atoms with Crippen molar-refractivity contribution in [3.63, 3.8) is 0 Å². The first-order valence-corrected chi connectivity index (χ1v) is 5.19. The van der Waals surface area contributed by atoms with E-state index in [9.17, 15) is 4.79 Å². The van der Waals surface area contributed by atoms with Crippen LogP contribution in [0.5, 0.6) is 0 Å². The fraction of sp³-hybridized carbons (Fsp3) is 0.417. The third-order valence-electron chi connectivity index (χ3n) is 2.40. The second kappa shape index (κ2) is 5.51. The van der Waals surface area contributed by atoms with Gasteiger partial charge >= 0.3 is 0 Å². The summed E-state index contributed by atoms with van der Waals surface area (Å²) in [6.45, 7) is 2.53. The van der Waals surface area contributed by atoms with Crippen molar-refractivity contribution < 1.29 is 4.79 Å². The average Bonchev–Trinajstić information content (AvgIpc) is 2.28. The van der Waals surface area contributed by atoms with E-state index in [-0.39, 0.29) is 11.9 Å². The van der Waals surface area contributed by atoms with Crippen LogP contribution >= 0.6 is 0 Å². The van der Waals surface area contributed by atoms with E-state index in [1.165, 1.54) is 0 Å². The number of likely N-dealkylation sites (N-methyl/N-ethyl adjacent to an activating group) is 1. The highest BCUT2D eigenvalue weighted by Crippen LogP contribution is 2.04. The molecule has 0 aromatic heterocycles. The minimum Gasteiger partial charge on any atom is -0.340 e. The van der Waals surface area contributed by atoms with Crippen molar-refractivity contribution in [2.75, 3.05) is 7.05 Å². The minimum absolute atomic E-state index is 0.00125. The molecule has 0 spiro atoms. The Bertz CT molecular complexity index is 311. The molecule has 0 heterocycles.